The minimum absolute atomic E-state index is 0.194. The van der Waals surface area contributed by atoms with Crippen molar-refractivity contribution in [2.45, 2.75) is 0 Å². The molecule has 0 bridgehead atoms. The molecule has 1 heterocycles. The lowest BCUT2D eigenvalue weighted by Crippen LogP contribution is -2.11. The van der Waals surface area contributed by atoms with Crippen LogP contribution in [-0.4, -0.2) is 10.9 Å². The third kappa shape index (κ3) is 2.38. The lowest BCUT2D eigenvalue weighted by atomic mass is 10.1. The fourth-order valence-electron chi connectivity index (χ4n) is 2.03. The summed E-state index contributed by atoms with van der Waals surface area (Å²) in [7, 11) is 0. The second-order valence-corrected chi connectivity index (χ2v) is 5.15. The monoisotopic (exact) mass is 304 g/mol. The SMILES string of the molecule is O=C(Nc1ccc(Cl)c(Cl)c1)c1c[nH]c2ccccc12. The highest BCUT2D eigenvalue weighted by molar-refractivity contribution is 6.42. The third-order valence-corrected chi connectivity index (χ3v) is 3.75. The Labute approximate surface area is 125 Å². The number of carbonyl (C=O) groups excluding carboxylic acids is 1. The number of benzene rings is 2. The molecule has 20 heavy (non-hydrogen) atoms. The largest absolute Gasteiger partial charge is 0.360 e. The Morgan fingerprint density at radius 1 is 1.05 bits per heavy atom. The lowest BCUT2D eigenvalue weighted by Gasteiger charge is -2.05. The van der Waals surface area contributed by atoms with Crippen molar-refractivity contribution in [3.8, 4) is 0 Å². The first kappa shape index (κ1) is 13.0. The van der Waals surface area contributed by atoms with Crippen molar-refractivity contribution in [2.24, 2.45) is 0 Å². The fraction of sp³-hybridized carbons (Fsp3) is 0. The normalized spacial score (nSPS) is 10.7. The van der Waals surface area contributed by atoms with Crippen LogP contribution in [0.5, 0.6) is 0 Å². The molecule has 100 valence electrons. The summed E-state index contributed by atoms with van der Waals surface area (Å²) in [6.45, 7) is 0. The van der Waals surface area contributed by atoms with Crippen molar-refractivity contribution in [3.63, 3.8) is 0 Å². The van der Waals surface area contributed by atoms with Crippen LogP contribution in [0.1, 0.15) is 10.4 Å². The predicted molar refractivity (Wildman–Crippen MR) is 82.7 cm³/mol. The number of rotatable bonds is 2. The van der Waals surface area contributed by atoms with Gasteiger partial charge in [0.25, 0.3) is 5.91 Å². The maximum Gasteiger partial charge on any atom is 0.257 e. The van der Waals surface area contributed by atoms with Crippen LogP contribution in [0.15, 0.2) is 48.7 Å². The molecule has 0 saturated heterocycles. The van der Waals surface area contributed by atoms with Gasteiger partial charge in [-0.05, 0) is 24.3 Å². The number of aromatic amines is 1. The molecular formula is C15H10Cl2N2O. The molecule has 0 spiro atoms. The molecule has 3 rings (SSSR count). The summed E-state index contributed by atoms with van der Waals surface area (Å²) < 4.78 is 0. The number of fused-ring (bicyclic) bond motifs is 1. The molecule has 0 fully saturated rings. The van der Waals surface area contributed by atoms with Crippen LogP contribution in [0.3, 0.4) is 0 Å². The van der Waals surface area contributed by atoms with Gasteiger partial charge in [-0.1, -0.05) is 41.4 Å². The topological polar surface area (TPSA) is 44.9 Å². The smallest absolute Gasteiger partial charge is 0.257 e. The summed E-state index contributed by atoms with van der Waals surface area (Å²) >= 11 is 11.8. The van der Waals surface area contributed by atoms with Crippen LogP contribution in [-0.2, 0) is 0 Å². The van der Waals surface area contributed by atoms with Gasteiger partial charge in [0.05, 0.1) is 15.6 Å². The van der Waals surface area contributed by atoms with Gasteiger partial charge in [0, 0.05) is 22.8 Å². The lowest BCUT2D eigenvalue weighted by molar-refractivity contribution is 0.102. The van der Waals surface area contributed by atoms with E-state index in [4.69, 9.17) is 23.2 Å². The molecule has 0 aliphatic rings. The number of anilines is 1. The third-order valence-electron chi connectivity index (χ3n) is 3.01. The minimum atomic E-state index is -0.194. The second-order valence-electron chi connectivity index (χ2n) is 4.33. The van der Waals surface area contributed by atoms with Gasteiger partial charge >= 0.3 is 0 Å². The molecule has 0 saturated carbocycles. The number of aromatic nitrogens is 1. The number of para-hydroxylation sites is 1. The highest BCUT2D eigenvalue weighted by Crippen LogP contribution is 2.26. The summed E-state index contributed by atoms with van der Waals surface area (Å²) in [6.07, 6.45) is 1.69. The van der Waals surface area contributed by atoms with E-state index in [1.165, 1.54) is 0 Å². The Balaban J connectivity index is 1.91. The van der Waals surface area contributed by atoms with Gasteiger partial charge in [-0.3, -0.25) is 4.79 Å². The molecule has 0 atom stereocenters. The van der Waals surface area contributed by atoms with E-state index in [0.717, 1.165) is 10.9 Å². The molecule has 0 aliphatic carbocycles. The number of hydrogen-bond donors (Lipinski definition) is 2. The van der Waals surface area contributed by atoms with E-state index >= 15 is 0 Å². The molecule has 0 unspecified atom stereocenters. The van der Waals surface area contributed by atoms with E-state index in [-0.39, 0.29) is 5.91 Å². The van der Waals surface area contributed by atoms with Crippen molar-refractivity contribution < 1.29 is 4.79 Å². The average Bonchev–Trinajstić information content (AvgIpc) is 2.87. The molecule has 0 radical (unpaired) electrons. The molecule has 2 aromatic carbocycles. The van der Waals surface area contributed by atoms with Crippen molar-refractivity contribution in [3.05, 3.63) is 64.3 Å². The molecule has 1 aromatic heterocycles. The van der Waals surface area contributed by atoms with Gasteiger partial charge in [0.2, 0.25) is 0 Å². The van der Waals surface area contributed by atoms with E-state index < -0.39 is 0 Å². The summed E-state index contributed by atoms with van der Waals surface area (Å²) in [5.41, 5.74) is 2.12. The van der Waals surface area contributed by atoms with E-state index in [2.05, 4.69) is 10.3 Å². The summed E-state index contributed by atoms with van der Waals surface area (Å²) in [6, 6.07) is 12.6. The van der Waals surface area contributed by atoms with E-state index in [0.29, 0.717) is 21.3 Å². The molecular weight excluding hydrogens is 295 g/mol. The van der Waals surface area contributed by atoms with Crippen LogP contribution in [0.25, 0.3) is 10.9 Å². The molecule has 3 nitrogen and oxygen atoms in total. The van der Waals surface area contributed by atoms with Crippen molar-refractivity contribution >= 4 is 45.7 Å². The number of amides is 1. The Kier molecular flexibility index (Phi) is 3.38. The highest BCUT2D eigenvalue weighted by Gasteiger charge is 2.12. The standard InChI is InChI=1S/C15H10Cl2N2O/c16-12-6-5-9(7-13(12)17)19-15(20)11-8-18-14-4-2-1-3-10(11)14/h1-8,18H,(H,19,20). The first-order chi connectivity index (χ1) is 9.65. The van der Waals surface area contributed by atoms with Gasteiger partial charge in [-0.15, -0.1) is 0 Å². The molecule has 0 aliphatic heterocycles. The van der Waals surface area contributed by atoms with Crippen LogP contribution in [0.2, 0.25) is 10.0 Å². The first-order valence-corrected chi connectivity index (χ1v) is 6.73. The number of nitrogens with one attached hydrogen (secondary N) is 2. The molecule has 5 heteroatoms. The Morgan fingerprint density at radius 2 is 1.85 bits per heavy atom. The molecule has 2 N–H and O–H groups in total. The van der Waals surface area contributed by atoms with Crippen LogP contribution in [0.4, 0.5) is 5.69 Å². The summed E-state index contributed by atoms with van der Waals surface area (Å²) in [5, 5.41) is 4.54. The predicted octanol–water partition coefficient (Wildman–Crippen LogP) is 4.73. The van der Waals surface area contributed by atoms with Gasteiger partial charge in [0.15, 0.2) is 0 Å². The van der Waals surface area contributed by atoms with Gasteiger partial charge in [-0.2, -0.15) is 0 Å². The maximum absolute atomic E-state index is 12.3. The first-order valence-electron chi connectivity index (χ1n) is 5.97. The molecule has 1 amide bonds. The average molecular weight is 305 g/mol. The second kappa shape index (κ2) is 5.19. The van der Waals surface area contributed by atoms with E-state index in [1.807, 2.05) is 24.3 Å². The van der Waals surface area contributed by atoms with Crippen LogP contribution in [0, 0.1) is 0 Å². The highest BCUT2D eigenvalue weighted by atomic mass is 35.5. The van der Waals surface area contributed by atoms with Crippen molar-refractivity contribution in [2.75, 3.05) is 5.32 Å². The summed E-state index contributed by atoms with van der Waals surface area (Å²) in [4.78, 5) is 15.3. The van der Waals surface area contributed by atoms with Crippen molar-refractivity contribution in [1.29, 1.82) is 0 Å². The van der Waals surface area contributed by atoms with Crippen LogP contribution >= 0.6 is 23.2 Å². The van der Waals surface area contributed by atoms with E-state index in [9.17, 15) is 4.79 Å². The number of hydrogen-bond acceptors (Lipinski definition) is 1. The maximum atomic E-state index is 12.3. The zero-order valence-corrected chi connectivity index (χ0v) is 11.8. The zero-order chi connectivity index (χ0) is 14.1. The quantitative estimate of drug-likeness (QED) is 0.706. The van der Waals surface area contributed by atoms with E-state index in [1.54, 1.807) is 24.4 Å². The van der Waals surface area contributed by atoms with Gasteiger partial charge < -0.3 is 10.3 Å². The van der Waals surface area contributed by atoms with Crippen molar-refractivity contribution in [1.82, 2.24) is 4.98 Å². The number of carbonyl (C=O) groups is 1. The fourth-order valence-corrected chi connectivity index (χ4v) is 2.33. The van der Waals surface area contributed by atoms with Gasteiger partial charge in [-0.25, -0.2) is 0 Å². The van der Waals surface area contributed by atoms with Crippen LogP contribution < -0.4 is 5.32 Å². The number of halogens is 2. The molecule has 3 aromatic rings. The zero-order valence-electron chi connectivity index (χ0n) is 10.3. The minimum Gasteiger partial charge on any atom is -0.360 e. The Morgan fingerprint density at radius 3 is 2.65 bits per heavy atom. The summed E-state index contributed by atoms with van der Waals surface area (Å²) in [5.74, 6) is -0.194. The Bertz CT molecular complexity index is 795. The Hall–Kier alpha value is -1.97. The van der Waals surface area contributed by atoms with Gasteiger partial charge in [0.1, 0.15) is 0 Å². The number of H-pyrrole nitrogens is 1.